The van der Waals surface area contributed by atoms with E-state index in [4.69, 9.17) is 32.5 Å². The minimum absolute atomic E-state index is 0.0211. The Morgan fingerprint density at radius 3 is 2.68 bits per heavy atom. The fraction of sp³-hybridized carbons (Fsp3) is 0.355. The predicted molar refractivity (Wildman–Crippen MR) is 155 cm³/mol. The molecule has 7 rings (SSSR count). The van der Waals surface area contributed by atoms with E-state index < -0.39 is 5.97 Å². The topological polar surface area (TPSA) is 102 Å². The van der Waals surface area contributed by atoms with Gasteiger partial charge in [-0.3, -0.25) is 0 Å². The van der Waals surface area contributed by atoms with Gasteiger partial charge in [0.1, 0.15) is 29.6 Å². The van der Waals surface area contributed by atoms with Crippen molar-refractivity contribution in [1.29, 1.82) is 0 Å². The van der Waals surface area contributed by atoms with Crippen LogP contribution in [0.1, 0.15) is 71.0 Å². The number of aryl methyl sites for hydroxylation is 1. The second-order valence-electron chi connectivity index (χ2n) is 11.2. The number of hydrogen-bond acceptors (Lipinski definition) is 7. The van der Waals surface area contributed by atoms with Crippen molar-refractivity contribution in [2.45, 2.75) is 56.5 Å². The first-order valence-corrected chi connectivity index (χ1v) is 14.7. The second kappa shape index (κ2) is 10.3. The third-order valence-electron chi connectivity index (χ3n) is 8.64. The number of hydrogen-bond donors (Lipinski definition) is 1. The van der Waals surface area contributed by atoms with Gasteiger partial charge in [-0.25, -0.2) is 14.8 Å². The van der Waals surface area contributed by atoms with Crippen LogP contribution in [0.15, 0.2) is 53.3 Å². The number of carbonyl (C=O) groups is 1. The number of fused-ring (bicyclic) bond motifs is 2. The van der Waals surface area contributed by atoms with Gasteiger partial charge in [-0.05, 0) is 73.9 Å². The van der Waals surface area contributed by atoms with Gasteiger partial charge in [-0.15, -0.1) is 0 Å². The van der Waals surface area contributed by atoms with E-state index >= 15 is 0 Å². The van der Waals surface area contributed by atoms with Gasteiger partial charge in [0.15, 0.2) is 5.69 Å². The van der Waals surface area contributed by atoms with Crippen LogP contribution in [0.3, 0.4) is 0 Å². The SMILES string of the molecule is O=C(O)c1cnc(N2CCC3(CCCc4ccc(OCc5c(-c6c(Cl)cccc6Cl)noc5C5CC5)cc43)C2)cn1. The first-order valence-electron chi connectivity index (χ1n) is 13.9. The van der Waals surface area contributed by atoms with Gasteiger partial charge < -0.3 is 19.3 Å². The summed E-state index contributed by atoms with van der Waals surface area (Å²) in [4.78, 5) is 21.9. The summed E-state index contributed by atoms with van der Waals surface area (Å²) in [5.41, 5.74) is 4.80. The number of ether oxygens (including phenoxy) is 1. The van der Waals surface area contributed by atoms with Crippen LogP contribution in [0.25, 0.3) is 11.3 Å². The molecule has 2 aromatic heterocycles. The van der Waals surface area contributed by atoms with Crippen LogP contribution in [0.2, 0.25) is 10.0 Å². The first-order chi connectivity index (χ1) is 19.9. The van der Waals surface area contributed by atoms with E-state index in [0.29, 0.717) is 39.6 Å². The molecule has 3 aliphatic rings. The molecular weight excluding hydrogens is 563 g/mol. The summed E-state index contributed by atoms with van der Waals surface area (Å²) in [5.74, 6) is 1.63. The Balaban J connectivity index is 1.15. The summed E-state index contributed by atoms with van der Waals surface area (Å²) in [5, 5.41) is 14.6. The summed E-state index contributed by atoms with van der Waals surface area (Å²) in [6.07, 6.45) is 9.25. The monoisotopic (exact) mass is 590 g/mol. The van der Waals surface area contributed by atoms with Crippen LogP contribution in [-0.4, -0.2) is 39.3 Å². The first kappa shape index (κ1) is 26.3. The lowest BCUT2D eigenvalue weighted by Gasteiger charge is -2.36. The maximum atomic E-state index is 11.2. The quantitative estimate of drug-likeness (QED) is 0.243. The molecule has 1 saturated carbocycles. The number of aromatic carboxylic acids is 1. The number of carboxylic acid groups (broad SMARTS) is 1. The van der Waals surface area contributed by atoms with Crippen LogP contribution >= 0.6 is 23.2 Å². The lowest BCUT2D eigenvalue weighted by atomic mass is 9.69. The molecule has 4 aromatic rings. The van der Waals surface area contributed by atoms with Crippen molar-refractivity contribution < 1.29 is 19.2 Å². The molecule has 8 nitrogen and oxygen atoms in total. The average molecular weight is 591 g/mol. The Morgan fingerprint density at radius 1 is 1.12 bits per heavy atom. The van der Waals surface area contributed by atoms with Gasteiger partial charge in [-0.2, -0.15) is 0 Å². The summed E-state index contributed by atoms with van der Waals surface area (Å²) in [6, 6.07) is 11.9. The maximum absolute atomic E-state index is 11.2. The normalized spacial score (nSPS) is 19.9. The highest BCUT2D eigenvalue weighted by atomic mass is 35.5. The van der Waals surface area contributed by atoms with Crippen molar-refractivity contribution in [3.63, 3.8) is 0 Å². The van der Waals surface area contributed by atoms with Crippen LogP contribution in [0.5, 0.6) is 5.75 Å². The van der Waals surface area contributed by atoms with E-state index in [9.17, 15) is 9.90 Å². The number of anilines is 1. The van der Waals surface area contributed by atoms with E-state index in [2.05, 4.69) is 32.2 Å². The molecule has 1 aliphatic heterocycles. The highest BCUT2D eigenvalue weighted by Crippen LogP contribution is 2.48. The fourth-order valence-electron chi connectivity index (χ4n) is 6.40. The van der Waals surface area contributed by atoms with E-state index in [1.807, 2.05) is 12.1 Å². The molecule has 1 saturated heterocycles. The van der Waals surface area contributed by atoms with E-state index in [1.165, 1.54) is 17.3 Å². The van der Waals surface area contributed by atoms with Crippen molar-refractivity contribution in [3.8, 4) is 17.0 Å². The number of aromatic nitrogens is 3. The van der Waals surface area contributed by atoms with Crippen molar-refractivity contribution in [3.05, 3.63) is 87.0 Å². The summed E-state index contributed by atoms with van der Waals surface area (Å²) in [6.45, 7) is 1.94. The van der Waals surface area contributed by atoms with Gasteiger partial charge in [0.2, 0.25) is 0 Å². The number of nitrogens with zero attached hydrogens (tertiary/aromatic N) is 4. The van der Waals surface area contributed by atoms with Crippen LogP contribution in [0.4, 0.5) is 5.82 Å². The summed E-state index contributed by atoms with van der Waals surface area (Å²) >= 11 is 13.1. The summed E-state index contributed by atoms with van der Waals surface area (Å²) < 4.78 is 12.3. The van der Waals surface area contributed by atoms with Gasteiger partial charge in [0.25, 0.3) is 0 Å². The Morgan fingerprint density at radius 2 is 1.95 bits per heavy atom. The van der Waals surface area contributed by atoms with Crippen molar-refractivity contribution >= 4 is 35.0 Å². The van der Waals surface area contributed by atoms with Gasteiger partial charge in [-0.1, -0.05) is 40.5 Å². The standard InChI is InChI=1S/C31H28Cl2N4O4/c32-23-4-1-5-24(33)27(23)28-21(29(41-36-28)19-6-7-19)16-40-20-9-8-18-3-2-10-31(22(18)13-20)11-12-37(17-31)26-15-34-25(14-35-26)30(38)39/h1,4-5,8-9,13-15,19H,2-3,6-7,10-12,16-17H2,(H,38,39). The van der Waals surface area contributed by atoms with Crippen molar-refractivity contribution in [2.75, 3.05) is 18.0 Å². The third kappa shape index (κ3) is 4.83. The second-order valence-corrected chi connectivity index (χ2v) is 12.0. The van der Waals surface area contributed by atoms with Crippen LogP contribution < -0.4 is 9.64 Å². The van der Waals surface area contributed by atoms with Gasteiger partial charge >= 0.3 is 5.97 Å². The zero-order valence-corrected chi connectivity index (χ0v) is 23.8. The Kier molecular flexibility index (Phi) is 6.63. The molecule has 210 valence electrons. The molecule has 1 N–H and O–H groups in total. The largest absolute Gasteiger partial charge is 0.489 e. The molecule has 0 radical (unpaired) electrons. The number of rotatable bonds is 7. The minimum atomic E-state index is -1.08. The lowest BCUT2D eigenvalue weighted by Crippen LogP contribution is -2.35. The van der Waals surface area contributed by atoms with Gasteiger partial charge in [0.05, 0.1) is 28.0 Å². The zero-order chi connectivity index (χ0) is 28.1. The molecule has 2 aliphatic carbocycles. The van der Waals surface area contributed by atoms with E-state index in [1.54, 1.807) is 18.3 Å². The highest BCUT2D eigenvalue weighted by Gasteiger charge is 2.43. The molecule has 1 atom stereocenters. The fourth-order valence-corrected chi connectivity index (χ4v) is 6.98. The molecule has 0 bridgehead atoms. The molecule has 10 heteroatoms. The molecule has 3 heterocycles. The number of carboxylic acids is 1. The molecule has 2 fully saturated rings. The van der Waals surface area contributed by atoms with Crippen molar-refractivity contribution in [2.24, 2.45) is 0 Å². The summed E-state index contributed by atoms with van der Waals surface area (Å²) in [7, 11) is 0. The Labute approximate surface area is 247 Å². The molecule has 0 amide bonds. The van der Waals surface area contributed by atoms with Gasteiger partial charge in [0, 0.05) is 30.0 Å². The molecule has 41 heavy (non-hydrogen) atoms. The lowest BCUT2D eigenvalue weighted by molar-refractivity contribution is 0.0690. The average Bonchev–Trinajstić information content (AvgIpc) is 3.60. The molecular formula is C31H28Cl2N4O4. The molecule has 2 aromatic carbocycles. The maximum Gasteiger partial charge on any atom is 0.356 e. The smallest absolute Gasteiger partial charge is 0.356 e. The molecule has 1 unspecified atom stereocenters. The van der Waals surface area contributed by atoms with Crippen molar-refractivity contribution in [1.82, 2.24) is 15.1 Å². The highest BCUT2D eigenvalue weighted by molar-refractivity contribution is 6.39. The Bertz CT molecular complexity index is 1620. The van der Waals surface area contributed by atoms with E-state index in [0.717, 1.165) is 68.7 Å². The minimum Gasteiger partial charge on any atom is -0.489 e. The molecule has 1 spiro atoms. The van der Waals surface area contributed by atoms with Crippen LogP contribution in [0, 0.1) is 0 Å². The number of benzene rings is 2. The predicted octanol–water partition coefficient (Wildman–Crippen LogP) is 7.08. The van der Waals surface area contributed by atoms with E-state index in [-0.39, 0.29) is 11.1 Å². The third-order valence-corrected chi connectivity index (χ3v) is 9.27. The van der Waals surface area contributed by atoms with Crippen LogP contribution in [-0.2, 0) is 18.4 Å². The zero-order valence-electron chi connectivity index (χ0n) is 22.3. The Hall–Kier alpha value is -3.62. The number of halogens is 2.